The first kappa shape index (κ1) is 21.8. The highest BCUT2D eigenvalue weighted by atomic mass is 19.4. The first-order valence-electron chi connectivity index (χ1n) is 9.87. The van der Waals surface area contributed by atoms with Crippen molar-refractivity contribution in [3.63, 3.8) is 0 Å². The number of hydrogen-bond donors (Lipinski definition) is 1. The summed E-state index contributed by atoms with van der Waals surface area (Å²) in [7, 11) is 1.48. The Balaban J connectivity index is 1.72. The van der Waals surface area contributed by atoms with Gasteiger partial charge in [-0.25, -0.2) is 4.99 Å². The van der Waals surface area contributed by atoms with Crippen LogP contribution in [-0.4, -0.2) is 49.3 Å². The highest BCUT2D eigenvalue weighted by Gasteiger charge is 2.66. The summed E-state index contributed by atoms with van der Waals surface area (Å²) in [5, 5.41) is 0. The number of likely N-dealkylation sites (N-methyl/N-ethyl adjacent to an activating group) is 1. The van der Waals surface area contributed by atoms with Crippen LogP contribution in [-0.2, 0) is 21.5 Å². The molecule has 31 heavy (non-hydrogen) atoms. The number of amides is 1. The smallest absolute Gasteiger partial charge is 0.422 e. The Hall–Kier alpha value is -2.43. The molecule has 2 spiro atoms. The standard InChI is InChI=1S/C20H22F5N3O3/c1-28-15(29)20(27-17(28)26)14-8-13(30-10-19(23,24)25)3-2-11(14)9-18(20)6-4-12(5-7-18)31-16(21)22/h2-3,8,12,16H,4-7,9-10H2,1H3,(H2,26,27)/t12-,18-,20?. The lowest BCUT2D eigenvalue weighted by Gasteiger charge is -2.45. The summed E-state index contributed by atoms with van der Waals surface area (Å²) in [6, 6.07) is 4.49. The Morgan fingerprint density at radius 1 is 1.29 bits per heavy atom. The lowest BCUT2D eigenvalue weighted by molar-refractivity contribution is -0.178. The van der Waals surface area contributed by atoms with Crippen molar-refractivity contribution in [2.24, 2.45) is 16.1 Å². The van der Waals surface area contributed by atoms with Crippen LogP contribution in [0.25, 0.3) is 0 Å². The van der Waals surface area contributed by atoms with Crippen molar-refractivity contribution in [1.82, 2.24) is 4.90 Å². The van der Waals surface area contributed by atoms with Crippen molar-refractivity contribution in [3.8, 4) is 5.75 Å². The van der Waals surface area contributed by atoms with E-state index in [1.165, 1.54) is 24.1 Å². The van der Waals surface area contributed by atoms with Gasteiger partial charge < -0.3 is 15.2 Å². The Kier molecular flexibility index (Phi) is 5.14. The lowest BCUT2D eigenvalue weighted by atomic mass is 9.61. The van der Waals surface area contributed by atoms with Gasteiger partial charge in [0.15, 0.2) is 18.1 Å². The monoisotopic (exact) mass is 447 g/mol. The number of rotatable bonds is 4. The van der Waals surface area contributed by atoms with Crippen LogP contribution in [0.15, 0.2) is 23.2 Å². The van der Waals surface area contributed by atoms with Crippen LogP contribution in [0, 0.1) is 5.41 Å². The van der Waals surface area contributed by atoms with Crippen molar-refractivity contribution >= 4 is 11.9 Å². The molecule has 1 unspecified atom stereocenters. The van der Waals surface area contributed by atoms with Crippen LogP contribution in [0.5, 0.6) is 5.75 Å². The number of nitrogens with two attached hydrogens (primary N) is 1. The summed E-state index contributed by atoms with van der Waals surface area (Å²) in [4.78, 5) is 19.2. The number of guanidine groups is 1. The van der Waals surface area contributed by atoms with E-state index in [-0.39, 0.29) is 17.6 Å². The molecular formula is C20H22F5N3O3. The van der Waals surface area contributed by atoms with Crippen molar-refractivity contribution in [1.29, 1.82) is 0 Å². The van der Waals surface area contributed by atoms with Gasteiger partial charge in [0.2, 0.25) is 0 Å². The largest absolute Gasteiger partial charge is 0.484 e. The van der Waals surface area contributed by atoms with Crippen molar-refractivity contribution < 1.29 is 36.2 Å². The van der Waals surface area contributed by atoms with Crippen molar-refractivity contribution in [2.75, 3.05) is 13.7 Å². The summed E-state index contributed by atoms with van der Waals surface area (Å²) in [5.74, 6) is -0.409. The Bertz CT molecular complexity index is 912. The van der Waals surface area contributed by atoms with Gasteiger partial charge in [-0.2, -0.15) is 22.0 Å². The number of benzene rings is 1. The van der Waals surface area contributed by atoms with E-state index in [2.05, 4.69) is 9.73 Å². The number of carbonyl (C=O) groups is 1. The van der Waals surface area contributed by atoms with Crippen LogP contribution in [0.1, 0.15) is 36.8 Å². The topological polar surface area (TPSA) is 77.2 Å². The minimum absolute atomic E-state index is 0.00444. The summed E-state index contributed by atoms with van der Waals surface area (Å²) < 4.78 is 72.6. The third-order valence-corrected chi connectivity index (χ3v) is 6.60. The molecule has 11 heteroatoms. The fourth-order valence-corrected chi connectivity index (χ4v) is 5.21. The van der Waals surface area contributed by atoms with E-state index in [0.717, 1.165) is 5.56 Å². The number of fused-ring (bicyclic) bond motifs is 3. The number of hydrogen-bond acceptors (Lipinski definition) is 5. The second-order valence-electron chi connectivity index (χ2n) is 8.32. The van der Waals surface area contributed by atoms with E-state index in [1.807, 2.05) is 0 Å². The highest BCUT2D eigenvalue weighted by molar-refractivity contribution is 6.08. The van der Waals surface area contributed by atoms with Gasteiger partial charge in [0, 0.05) is 12.5 Å². The van der Waals surface area contributed by atoms with Gasteiger partial charge in [0.05, 0.1) is 6.10 Å². The summed E-state index contributed by atoms with van der Waals surface area (Å²) in [6.07, 6.45) is -3.32. The van der Waals surface area contributed by atoms with Crippen LogP contribution >= 0.6 is 0 Å². The normalized spacial score (nSPS) is 30.4. The molecule has 1 saturated carbocycles. The molecule has 1 heterocycles. The van der Waals surface area contributed by atoms with E-state index >= 15 is 0 Å². The third-order valence-electron chi connectivity index (χ3n) is 6.60. The molecule has 0 aromatic heterocycles. The molecule has 170 valence electrons. The molecule has 1 atom stereocenters. The molecule has 1 fully saturated rings. The zero-order valence-electron chi connectivity index (χ0n) is 16.7. The molecule has 0 saturated heterocycles. The average Bonchev–Trinajstić information content (AvgIpc) is 3.08. The fourth-order valence-electron chi connectivity index (χ4n) is 5.21. The van der Waals surface area contributed by atoms with E-state index in [1.54, 1.807) is 6.07 Å². The van der Waals surface area contributed by atoms with Crippen molar-refractivity contribution in [2.45, 2.75) is 56.5 Å². The van der Waals surface area contributed by atoms with Gasteiger partial charge in [-0.3, -0.25) is 9.69 Å². The van der Waals surface area contributed by atoms with Gasteiger partial charge in [0.25, 0.3) is 5.91 Å². The second kappa shape index (κ2) is 7.32. The van der Waals surface area contributed by atoms with E-state index in [0.29, 0.717) is 37.7 Å². The molecule has 0 radical (unpaired) electrons. The van der Waals surface area contributed by atoms with E-state index in [9.17, 15) is 26.7 Å². The molecule has 2 aliphatic carbocycles. The zero-order chi connectivity index (χ0) is 22.6. The Labute approximate surface area is 175 Å². The second-order valence-corrected chi connectivity index (χ2v) is 8.32. The molecule has 0 bridgehead atoms. The molecule has 1 aromatic rings. The first-order valence-corrected chi connectivity index (χ1v) is 9.87. The van der Waals surface area contributed by atoms with E-state index < -0.39 is 36.5 Å². The molecule has 1 aliphatic heterocycles. The maximum atomic E-state index is 13.4. The summed E-state index contributed by atoms with van der Waals surface area (Å²) in [6.45, 7) is -4.34. The van der Waals surface area contributed by atoms with Gasteiger partial charge in [-0.1, -0.05) is 6.07 Å². The van der Waals surface area contributed by atoms with Gasteiger partial charge in [0.1, 0.15) is 5.75 Å². The molecule has 1 aromatic carbocycles. The minimum atomic E-state index is -4.51. The quantitative estimate of drug-likeness (QED) is 0.719. The maximum absolute atomic E-state index is 13.4. The molecule has 1 amide bonds. The summed E-state index contributed by atoms with van der Waals surface area (Å²) in [5.41, 5.74) is 5.03. The lowest BCUT2D eigenvalue weighted by Crippen LogP contribution is -2.51. The Morgan fingerprint density at radius 2 is 1.97 bits per heavy atom. The van der Waals surface area contributed by atoms with E-state index in [4.69, 9.17) is 10.5 Å². The van der Waals surface area contributed by atoms with Crippen LogP contribution in [0.3, 0.4) is 0 Å². The molecule has 3 aliphatic rings. The number of alkyl halides is 5. The van der Waals surface area contributed by atoms with Crippen LogP contribution in [0.2, 0.25) is 0 Å². The van der Waals surface area contributed by atoms with Crippen molar-refractivity contribution in [3.05, 3.63) is 29.3 Å². The highest BCUT2D eigenvalue weighted by Crippen LogP contribution is 2.62. The summed E-state index contributed by atoms with van der Waals surface area (Å²) >= 11 is 0. The van der Waals surface area contributed by atoms with Crippen LogP contribution in [0.4, 0.5) is 22.0 Å². The fraction of sp³-hybridized carbons (Fsp3) is 0.600. The van der Waals surface area contributed by atoms with Gasteiger partial charge >= 0.3 is 12.8 Å². The number of nitrogens with zero attached hydrogens (tertiary/aromatic N) is 2. The number of ether oxygens (including phenoxy) is 2. The van der Waals surface area contributed by atoms with Gasteiger partial charge in [-0.05, 0) is 55.4 Å². The van der Waals surface area contributed by atoms with Crippen LogP contribution < -0.4 is 10.5 Å². The Morgan fingerprint density at radius 3 is 2.52 bits per heavy atom. The number of aliphatic imine (C=N–C) groups is 1. The average molecular weight is 447 g/mol. The molecule has 2 N–H and O–H groups in total. The predicted molar refractivity (Wildman–Crippen MR) is 99.5 cm³/mol. The molecule has 4 rings (SSSR count). The number of carbonyl (C=O) groups excluding carboxylic acids is 1. The van der Waals surface area contributed by atoms with Gasteiger partial charge in [-0.15, -0.1) is 0 Å². The molecular weight excluding hydrogens is 425 g/mol. The third kappa shape index (κ3) is 3.52. The zero-order valence-corrected chi connectivity index (χ0v) is 16.7. The SMILES string of the molecule is CN1C(=O)C2(N=C1N)c1cc(OCC(F)(F)F)ccc1C[C@]21CC[C@@H](OC(F)F)CC1. The molecule has 6 nitrogen and oxygen atoms in total. The first-order chi connectivity index (χ1) is 14.5. The number of halogens is 5. The maximum Gasteiger partial charge on any atom is 0.422 e. The predicted octanol–water partition coefficient (Wildman–Crippen LogP) is 3.33. The minimum Gasteiger partial charge on any atom is -0.484 e.